The van der Waals surface area contributed by atoms with Gasteiger partial charge in [0.2, 0.25) is 0 Å². The summed E-state index contributed by atoms with van der Waals surface area (Å²) in [6.07, 6.45) is 0.189. The molecule has 126 valence electrons. The average Bonchev–Trinajstić information content (AvgIpc) is 2.48. The van der Waals surface area contributed by atoms with Gasteiger partial charge in [0.05, 0.1) is 6.61 Å². The number of aryl methyl sites for hydroxylation is 1. The van der Waals surface area contributed by atoms with E-state index in [1.807, 2.05) is 26.0 Å². The number of benzene rings is 1. The lowest BCUT2D eigenvalue weighted by Crippen LogP contribution is -2.39. The highest BCUT2D eigenvalue weighted by Crippen LogP contribution is 2.32. The van der Waals surface area contributed by atoms with E-state index >= 15 is 0 Å². The minimum absolute atomic E-state index is 0.0126. The first-order valence-corrected chi connectivity index (χ1v) is 8.21. The zero-order valence-corrected chi connectivity index (χ0v) is 14.7. The monoisotopic (exact) mass is 329 g/mol. The molecule has 0 fully saturated rings. The lowest BCUT2D eigenvalue weighted by molar-refractivity contribution is 0.0988. The highest BCUT2D eigenvalue weighted by atomic mass is 35.5. The Kier molecular flexibility index (Phi) is 8.18. The molecule has 0 saturated carbocycles. The van der Waals surface area contributed by atoms with E-state index < -0.39 is 6.10 Å². The SMILES string of the molecule is CC[C@H](CO)NC[C@@H](O)COc1cc(C)c(Cl)cc1C(C)C. The van der Waals surface area contributed by atoms with Gasteiger partial charge in [-0.3, -0.25) is 0 Å². The fraction of sp³-hybridized carbons (Fsp3) is 0.647. The molecule has 2 atom stereocenters. The van der Waals surface area contributed by atoms with Crippen LogP contribution in [0.4, 0.5) is 0 Å². The second-order valence-corrected chi connectivity index (χ2v) is 6.36. The predicted molar refractivity (Wildman–Crippen MR) is 90.9 cm³/mol. The summed E-state index contributed by atoms with van der Waals surface area (Å²) in [6, 6.07) is 3.86. The molecule has 0 aliphatic carbocycles. The van der Waals surface area contributed by atoms with Crippen LogP contribution in [-0.4, -0.2) is 42.1 Å². The highest BCUT2D eigenvalue weighted by Gasteiger charge is 2.14. The van der Waals surface area contributed by atoms with E-state index in [-0.39, 0.29) is 19.3 Å². The summed E-state index contributed by atoms with van der Waals surface area (Å²) in [5.74, 6) is 1.06. The number of ether oxygens (including phenoxy) is 1. The van der Waals surface area contributed by atoms with Crippen molar-refractivity contribution < 1.29 is 14.9 Å². The van der Waals surface area contributed by atoms with E-state index in [9.17, 15) is 5.11 Å². The van der Waals surface area contributed by atoms with E-state index in [2.05, 4.69) is 19.2 Å². The summed E-state index contributed by atoms with van der Waals surface area (Å²) in [6.45, 7) is 8.75. The van der Waals surface area contributed by atoms with E-state index in [4.69, 9.17) is 21.4 Å². The van der Waals surface area contributed by atoms with Crippen LogP contribution in [0.1, 0.15) is 44.2 Å². The van der Waals surface area contributed by atoms with Crippen LogP contribution < -0.4 is 10.1 Å². The van der Waals surface area contributed by atoms with Crippen LogP contribution in [0.2, 0.25) is 5.02 Å². The van der Waals surface area contributed by atoms with Gasteiger partial charge in [-0.15, -0.1) is 0 Å². The first-order chi connectivity index (χ1) is 10.4. The fourth-order valence-electron chi connectivity index (χ4n) is 2.13. The summed E-state index contributed by atoms with van der Waals surface area (Å²) in [5.41, 5.74) is 2.00. The standard InChI is InChI=1S/C17H28ClNO3/c1-5-13(9-20)19-8-14(21)10-22-17-6-12(4)16(18)7-15(17)11(2)3/h6-7,11,13-14,19-21H,5,8-10H2,1-4H3/t13-,14-/m1/s1. The third kappa shape index (κ3) is 5.76. The molecule has 0 aliphatic heterocycles. The molecule has 1 aromatic carbocycles. The smallest absolute Gasteiger partial charge is 0.123 e. The van der Waals surface area contributed by atoms with Gasteiger partial charge in [-0.1, -0.05) is 32.4 Å². The van der Waals surface area contributed by atoms with Crippen molar-refractivity contribution in [3.05, 3.63) is 28.3 Å². The summed E-state index contributed by atoms with van der Waals surface area (Å²) < 4.78 is 5.78. The van der Waals surface area contributed by atoms with Crippen molar-refractivity contribution in [2.75, 3.05) is 19.8 Å². The molecule has 0 aliphatic rings. The maximum absolute atomic E-state index is 10.0. The van der Waals surface area contributed by atoms with Crippen molar-refractivity contribution in [2.45, 2.75) is 52.2 Å². The highest BCUT2D eigenvalue weighted by molar-refractivity contribution is 6.31. The zero-order valence-electron chi connectivity index (χ0n) is 13.9. The molecule has 0 aromatic heterocycles. The fourth-order valence-corrected chi connectivity index (χ4v) is 2.30. The van der Waals surface area contributed by atoms with Gasteiger partial charge in [0, 0.05) is 17.6 Å². The summed E-state index contributed by atoms with van der Waals surface area (Å²) in [5, 5.41) is 23.0. The average molecular weight is 330 g/mol. The normalized spacial score (nSPS) is 14.2. The van der Waals surface area contributed by atoms with Crippen molar-refractivity contribution in [3.8, 4) is 5.75 Å². The van der Waals surface area contributed by atoms with Crippen molar-refractivity contribution in [2.24, 2.45) is 0 Å². The van der Waals surface area contributed by atoms with Gasteiger partial charge in [-0.2, -0.15) is 0 Å². The molecule has 0 amide bonds. The van der Waals surface area contributed by atoms with Crippen LogP contribution in [0.25, 0.3) is 0 Å². The molecule has 4 nitrogen and oxygen atoms in total. The van der Waals surface area contributed by atoms with Gasteiger partial charge in [0.15, 0.2) is 0 Å². The molecular formula is C17H28ClNO3. The first kappa shape index (κ1) is 19.2. The molecule has 5 heteroatoms. The number of aliphatic hydroxyl groups is 2. The van der Waals surface area contributed by atoms with Gasteiger partial charge in [-0.25, -0.2) is 0 Å². The number of hydrogen-bond donors (Lipinski definition) is 3. The van der Waals surface area contributed by atoms with Gasteiger partial charge in [0.1, 0.15) is 18.5 Å². The van der Waals surface area contributed by atoms with Crippen molar-refractivity contribution in [1.29, 1.82) is 0 Å². The maximum Gasteiger partial charge on any atom is 0.123 e. The zero-order chi connectivity index (χ0) is 16.7. The summed E-state index contributed by atoms with van der Waals surface area (Å²) >= 11 is 6.17. The molecule has 0 radical (unpaired) electrons. The quantitative estimate of drug-likeness (QED) is 0.652. The molecule has 3 N–H and O–H groups in total. The van der Waals surface area contributed by atoms with Crippen molar-refractivity contribution in [1.82, 2.24) is 5.32 Å². The molecule has 0 heterocycles. The third-order valence-corrected chi connectivity index (χ3v) is 4.11. The lowest BCUT2D eigenvalue weighted by atomic mass is 10.0. The third-order valence-electron chi connectivity index (χ3n) is 3.70. The lowest BCUT2D eigenvalue weighted by Gasteiger charge is -2.20. The molecule has 1 rings (SSSR count). The Morgan fingerprint density at radius 2 is 2.00 bits per heavy atom. The van der Waals surface area contributed by atoms with Gasteiger partial charge in [-0.05, 0) is 42.5 Å². The van der Waals surface area contributed by atoms with Crippen LogP contribution in [-0.2, 0) is 0 Å². The van der Waals surface area contributed by atoms with Crippen molar-refractivity contribution in [3.63, 3.8) is 0 Å². The predicted octanol–water partition coefficient (Wildman–Crippen LogP) is 2.87. The molecule has 0 saturated heterocycles. The molecular weight excluding hydrogens is 302 g/mol. The van der Waals surface area contributed by atoms with E-state index in [0.29, 0.717) is 12.5 Å². The van der Waals surface area contributed by atoms with Gasteiger partial charge < -0.3 is 20.3 Å². The topological polar surface area (TPSA) is 61.7 Å². The molecule has 0 unspecified atom stereocenters. The molecule has 0 bridgehead atoms. The maximum atomic E-state index is 10.0. The largest absolute Gasteiger partial charge is 0.491 e. The van der Waals surface area contributed by atoms with E-state index in [0.717, 1.165) is 28.3 Å². The number of halogens is 1. The molecule has 22 heavy (non-hydrogen) atoms. The van der Waals surface area contributed by atoms with Gasteiger partial charge in [0.25, 0.3) is 0 Å². The number of nitrogens with one attached hydrogen (secondary N) is 1. The van der Waals surface area contributed by atoms with Crippen LogP contribution >= 0.6 is 11.6 Å². The number of rotatable bonds is 9. The second-order valence-electron chi connectivity index (χ2n) is 5.95. The Balaban J connectivity index is 2.62. The van der Waals surface area contributed by atoms with E-state index in [1.165, 1.54) is 0 Å². The van der Waals surface area contributed by atoms with Crippen molar-refractivity contribution >= 4 is 11.6 Å². The van der Waals surface area contributed by atoms with Crippen LogP contribution in [0.5, 0.6) is 5.75 Å². The van der Waals surface area contributed by atoms with E-state index in [1.54, 1.807) is 0 Å². The summed E-state index contributed by atoms with van der Waals surface area (Å²) in [4.78, 5) is 0. The minimum atomic E-state index is -0.628. The van der Waals surface area contributed by atoms with Crippen LogP contribution in [0.15, 0.2) is 12.1 Å². The van der Waals surface area contributed by atoms with Crippen LogP contribution in [0, 0.1) is 6.92 Å². The Morgan fingerprint density at radius 1 is 1.32 bits per heavy atom. The number of hydrogen-bond acceptors (Lipinski definition) is 4. The van der Waals surface area contributed by atoms with Gasteiger partial charge >= 0.3 is 0 Å². The van der Waals surface area contributed by atoms with Crippen LogP contribution in [0.3, 0.4) is 0 Å². The second kappa shape index (κ2) is 9.36. The number of aliphatic hydroxyl groups excluding tert-OH is 2. The Hall–Kier alpha value is -0.810. The molecule has 1 aromatic rings. The molecule has 0 spiro atoms. The summed E-state index contributed by atoms with van der Waals surface area (Å²) in [7, 11) is 0. The Morgan fingerprint density at radius 3 is 2.55 bits per heavy atom. The Bertz CT molecular complexity index is 461. The first-order valence-electron chi connectivity index (χ1n) is 7.84. The Labute approximate surface area is 138 Å². The minimum Gasteiger partial charge on any atom is -0.491 e.